The van der Waals surface area contributed by atoms with E-state index < -0.39 is 15.8 Å². The van der Waals surface area contributed by atoms with Crippen LogP contribution in [-0.4, -0.2) is 0 Å². The predicted octanol–water partition coefficient (Wildman–Crippen LogP) is 11.5. The van der Waals surface area contributed by atoms with E-state index in [1.165, 1.54) is 43.5 Å². The van der Waals surface area contributed by atoms with Crippen LogP contribution in [0.15, 0.2) is 230 Å². The molecule has 0 aliphatic heterocycles. The Morgan fingerprint density at radius 1 is 0.302 bits per heavy atom. The molecule has 0 nitrogen and oxygen atoms in total. The first-order chi connectivity index (χ1) is 25.8. The minimum Gasteiger partial charge on any atom is -0.226 e. The van der Waals surface area contributed by atoms with E-state index in [-0.39, 0.29) is 19.8 Å². The Balaban J connectivity index is 0.000000180. The standard InChI is InChI=1S/C26H22P2.C24H16.Os/c1-5-13-23(14-6-1)27(24-15-7-2-8-16-24)21-22-28(25-17-9-3-10-18-25)26-19-11-4-12-20-26;1-3-9-19(10-4-1)21-13-7-15-23(17-21)24-16-8-14-22(18-24)20-11-5-2-6-12-20;/h1-22H;1-14,17-18H;/q;-2;+2/p+2/b22-21-;;. The Hall–Kier alpha value is -5.00. The van der Waals surface area contributed by atoms with Gasteiger partial charge < -0.3 is 0 Å². The van der Waals surface area contributed by atoms with Crippen molar-refractivity contribution in [3.63, 3.8) is 0 Å². The van der Waals surface area contributed by atoms with Gasteiger partial charge in [-0.15, -0.1) is 23.3 Å². The van der Waals surface area contributed by atoms with E-state index in [1.54, 1.807) is 0 Å². The van der Waals surface area contributed by atoms with Gasteiger partial charge in [0.15, 0.2) is 0 Å². The zero-order valence-corrected chi connectivity index (χ0v) is 33.8. The first-order valence-corrected chi connectivity index (χ1v) is 20.8. The van der Waals surface area contributed by atoms with Crippen LogP contribution >= 0.6 is 15.8 Å². The van der Waals surface area contributed by atoms with Crippen molar-refractivity contribution in [3.8, 4) is 33.4 Å². The van der Waals surface area contributed by atoms with Gasteiger partial charge in [0.05, 0.1) is 15.8 Å². The fourth-order valence-corrected chi connectivity index (χ4v) is 11.2. The number of benzene rings is 8. The Bertz CT molecular complexity index is 2030. The quantitative estimate of drug-likeness (QED) is 0.100. The predicted molar refractivity (Wildman–Crippen MR) is 230 cm³/mol. The molecule has 0 fully saturated rings. The van der Waals surface area contributed by atoms with Crippen LogP contribution in [0.1, 0.15) is 0 Å². The van der Waals surface area contributed by atoms with Gasteiger partial charge in [-0.2, -0.15) is 36.4 Å². The Labute approximate surface area is 330 Å². The monoisotopic (exact) mass is 894 g/mol. The van der Waals surface area contributed by atoms with E-state index in [1.807, 2.05) is 24.3 Å². The van der Waals surface area contributed by atoms with E-state index in [2.05, 4.69) is 218 Å². The van der Waals surface area contributed by atoms with Crippen LogP contribution in [0.25, 0.3) is 33.4 Å². The average Bonchev–Trinajstić information content (AvgIpc) is 3.25. The molecule has 0 amide bonds. The number of rotatable bonds is 9. The summed E-state index contributed by atoms with van der Waals surface area (Å²) in [6, 6.07) is 83.8. The fraction of sp³-hybridized carbons (Fsp3) is 0. The van der Waals surface area contributed by atoms with E-state index in [4.69, 9.17) is 0 Å². The Morgan fingerprint density at radius 3 is 0.849 bits per heavy atom. The molecular formula is C50H40OsP2+2. The summed E-state index contributed by atoms with van der Waals surface area (Å²) in [6.45, 7) is 0. The molecule has 0 aromatic heterocycles. The summed E-state index contributed by atoms with van der Waals surface area (Å²) < 4.78 is 0. The maximum Gasteiger partial charge on any atom is 2.00 e. The molecule has 0 spiro atoms. The molecule has 0 unspecified atom stereocenters. The number of hydrogen-bond acceptors (Lipinski definition) is 0. The maximum atomic E-state index is 3.34. The first-order valence-electron chi connectivity index (χ1n) is 17.6. The molecule has 53 heavy (non-hydrogen) atoms. The third-order valence-electron chi connectivity index (χ3n) is 8.86. The molecule has 0 atom stereocenters. The Morgan fingerprint density at radius 2 is 0.566 bits per heavy atom. The topological polar surface area (TPSA) is 0 Å². The molecule has 8 aromatic carbocycles. The summed E-state index contributed by atoms with van der Waals surface area (Å²) in [5, 5.41) is 5.71. The molecule has 0 saturated heterocycles. The van der Waals surface area contributed by atoms with Gasteiger partial charge in [0.1, 0.15) is 32.9 Å². The van der Waals surface area contributed by atoms with Gasteiger partial charge >= 0.3 is 19.8 Å². The van der Waals surface area contributed by atoms with Crippen molar-refractivity contribution in [1.29, 1.82) is 0 Å². The van der Waals surface area contributed by atoms with Crippen LogP contribution in [0.3, 0.4) is 0 Å². The van der Waals surface area contributed by atoms with E-state index in [9.17, 15) is 0 Å². The summed E-state index contributed by atoms with van der Waals surface area (Å²) in [5.41, 5.74) is 6.95. The minimum atomic E-state index is -0.964. The van der Waals surface area contributed by atoms with Crippen molar-refractivity contribution in [2.45, 2.75) is 0 Å². The minimum absolute atomic E-state index is 0. The molecule has 3 heteroatoms. The van der Waals surface area contributed by atoms with E-state index in [0.29, 0.717) is 0 Å². The third-order valence-corrected chi connectivity index (χ3v) is 14.0. The summed E-state index contributed by atoms with van der Waals surface area (Å²) in [6.07, 6.45) is 0. The summed E-state index contributed by atoms with van der Waals surface area (Å²) in [4.78, 5) is 0. The first kappa shape index (κ1) is 37.7. The number of hydrogen-bond donors (Lipinski definition) is 0. The summed E-state index contributed by atoms with van der Waals surface area (Å²) in [5.74, 6) is 5.01. The van der Waals surface area contributed by atoms with Gasteiger partial charge in [-0.25, -0.2) is 11.1 Å². The zero-order chi connectivity index (χ0) is 35.2. The maximum absolute atomic E-state index is 3.34. The van der Waals surface area contributed by atoms with Crippen molar-refractivity contribution < 1.29 is 19.8 Å². The molecule has 0 aliphatic rings. The second-order valence-corrected chi connectivity index (χ2v) is 17.0. The van der Waals surface area contributed by atoms with Crippen LogP contribution in [0.4, 0.5) is 0 Å². The van der Waals surface area contributed by atoms with Gasteiger partial charge in [-0.05, 0) is 59.7 Å². The molecule has 0 heterocycles. The molecule has 0 saturated carbocycles. The smallest absolute Gasteiger partial charge is 0.226 e. The van der Waals surface area contributed by atoms with Gasteiger partial charge in [-0.3, -0.25) is 0 Å². The van der Waals surface area contributed by atoms with Gasteiger partial charge in [0.25, 0.3) is 0 Å². The third kappa shape index (κ3) is 10.3. The van der Waals surface area contributed by atoms with Crippen molar-refractivity contribution in [3.05, 3.63) is 242 Å². The van der Waals surface area contributed by atoms with Crippen LogP contribution in [0, 0.1) is 12.1 Å². The van der Waals surface area contributed by atoms with Crippen molar-refractivity contribution in [1.82, 2.24) is 0 Å². The van der Waals surface area contributed by atoms with Crippen LogP contribution in [0.5, 0.6) is 0 Å². The van der Waals surface area contributed by atoms with Crippen molar-refractivity contribution in [2.24, 2.45) is 0 Å². The normalized spacial score (nSPS) is 10.8. The molecule has 0 aliphatic carbocycles. The SMILES string of the molecule is C(=C/[PH+](c1ccccc1)c1ccccc1)/[PH+](c1ccccc1)c1ccccc1.[Os+2].[c-]1ccc(-c2ccccc2)cc1-c1[c-]ccc(-c2ccccc2)c1. The molecule has 256 valence electrons. The molecule has 0 radical (unpaired) electrons. The van der Waals surface area contributed by atoms with Crippen molar-refractivity contribution in [2.75, 3.05) is 0 Å². The van der Waals surface area contributed by atoms with Crippen LogP contribution in [-0.2, 0) is 19.8 Å². The van der Waals surface area contributed by atoms with Crippen molar-refractivity contribution >= 4 is 37.1 Å². The van der Waals surface area contributed by atoms with Gasteiger partial charge in [0.2, 0.25) is 0 Å². The van der Waals surface area contributed by atoms with Gasteiger partial charge in [0, 0.05) is 0 Å². The zero-order valence-electron chi connectivity index (χ0n) is 29.3. The van der Waals surface area contributed by atoms with E-state index >= 15 is 0 Å². The summed E-state index contributed by atoms with van der Waals surface area (Å²) in [7, 11) is -1.93. The second kappa shape index (κ2) is 19.7. The molecule has 8 aromatic rings. The van der Waals surface area contributed by atoms with Crippen LogP contribution < -0.4 is 21.2 Å². The van der Waals surface area contributed by atoms with E-state index in [0.717, 1.165) is 11.1 Å². The molecular weight excluding hydrogens is 853 g/mol. The van der Waals surface area contributed by atoms with Crippen LogP contribution in [0.2, 0.25) is 0 Å². The Kier molecular flexibility index (Phi) is 14.0. The largest absolute Gasteiger partial charge is 2.00 e. The second-order valence-electron chi connectivity index (χ2n) is 12.3. The molecule has 8 rings (SSSR count). The molecule has 0 N–H and O–H groups in total. The molecule has 0 bridgehead atoms. The average molecular weight is 893 g/mol. The fourth-order valence-electron chi connectivity index (χ4n) is 6.22. The van der Waals surface area contributed by atoms with Gasteiger partial charge in [-0.1, -0.05) is 133 Å². The summed E-state index contributed by atoms with van der Waals surface area (Å²) >= 11 is 0.